The Kier molecular flexibility index (Phi) is 6.33. The van der Waals surface area contributed by atoms with Gasteiger partial charge in [-0.1, -0.05) is 49.1 Å². The molecule has 2 N–H and O–H groups in total. The van der Waals surface area contributed by atoms with Crippen LogP contribution in [-0.4, -0.2) is 40.4 Å². The molecule has 27 heavy (non-hydrogen) atoms. The van der Waals surface area contributed by atoms with Gasteiger partial charge in [-0.2, -0.15) is 0 Å². The maximum atomic E-state index is 12.9. The van der Waals surface area contributed by atoms with Gasteiger partial charge in [0.1, 0.15) is 0 Å². The molecule has 0 saturated heterocycles. The standard InChI is InChI=1S/C18H23N5O2S2/c1-11(2)9-19-17-21-22-18(27-17)26-10-16(25)23-12(3)8-15(24)20-13-6-4-5-7-14(13)23/h4-7,11-12H,8-10H2,1-3H3,(H,19,21)(H,20,24)/t12-/m1/s1. The summed E-state index contributed by atoms with van der Waals surface area (Å²) in [6.45, 7) is 6.98. The molecule has 1 aliphatic heterocycles. The third-order valence-corrected chi connectivity index (χ3v) is 6.01. The second kappa shape index (κ2) is 8.71. The number of thioether (sulfide) groups is 1. The number of carbonyl (C=O) groups is 2. The quantitative estimate of drug-likeness (QED) is 0.716. The lowest BCUT2D eigenvalue weighted by molar-refractivity contribution is -0.117. The fourth-order valence-electron chi connectivity index (χ4n) is 2.79. The number of carbonyl (C=O) groups excluding carboxylic acids is 2. The summed E-state index contributed by atoms with van der Waals surface area (Å²) in [5.74, 6) is 0.629. The molecule has 1 aliphatic rings. The van der Waals surface area contributed by atoms with Crippen molar-refractivity contribution in [3.8, 4) is 0 Å². The van der Waals surface area contributed by atoms with Gasteiger partial charge in [-0.25, -0.2) is 0 Å². The summed E-state index contributed by atoms with van der Waals surface area (Å²) in [6, 6.07) is 7.18. The molecule has 2 aromatic rings. The summed E-state index contributed by atoms with van der Waals surface area (Å²) in [7, 11) is 0. The number of nitrogens with zero attached hydrogens (tertiary/aromatic N) is 3. The van der Waals surface area contributed by atoms with E-state index in [1.165, 1.54) is 23.1 Å². The Balaban J connectivity index is 1.67. The molecule has 0 fully saturated rings. The Bertz CT molecular complexity index is 824. The monoisotopic (exact) mass is 405 g/mol. The first kappa shape index (κ1) is 19.6. The van der Waals surface area contributed by atoms with Crippen LogP contribution in [0.5, 0.6) is 0 Å². The highest BCUT2D eigenvalue weighted by atomic mass is 32.2. The van der Waals surface area contributed by atoms with Crippen molar-refractivity contribution in [2.75, 3.05) is 27.8 Å². The molecule has 2 amide bonds. The van der Waals surface area contributed by atoms with Crippen LogP contribution in [0, 0.1) is 5.92 Å². The molecule has 0 saturated carbocycles. The first-order valence-corrected chi connectivity index (χ1v) is 10.7. The van der Waals surface area contributed by atoms with Crippen LogP contribution in [-0.2, 0) is 9.59 Å². The van der Waals surface area contributed by atoms with Crippen LogP contribution in [0.15, 0.2) is 28.6 Å². The van der Waals surface area contributed by atoms with E-state index in [0.717, 1.165) is 21.7 Å². The molecule has 9 heteroatoms. The molecule has 3 rings (SSSR count). The first-order chi connectivity index (χ1) is 12.9. The summed E-state index contributed by atoms with van der Waals surface area (Å²) in [4.78, 5) is 26.7. The van der Waals surface area contributed by atoms with E-state index in [2.05, 4.69) is 34.7 Å². The van der Waals surface area contributed by atoms with E-state index in [-0.39, 0.29) is 30.0 Å². The van der Waals surface area contributed by atoms with Gasteiger partial charge in [0.15, 0.2) is 4.34 Å². The van der Waals surface area contributed by atoms with E-state index in [1.807, 2.05) is 31.2 Å². The lowest BCUT2D eigenvalue weighted by Gasteiger charge is -2.27. The number of fused-ring (bicyclic) bond motifs is 1. The second-order valence-electron chi connectivity index (χ2n) is 6.82. The minimum atomic E-state index is -0.209. The zero-order valence-electron chi connectivity index (χ0n) is 15.6. The summed E-state index contributed by atoms with van der Waals surface area (Å²) < 4.78 is 0.750. The van der Waals surface area contributed by atoms with Crippen LogP contribution in [0.2, 0.25) is 0 Å². The van der Waals surface area contributed by atoms with Crippen molar-refractivity contribution in [3.63, 3.8) is 0 Å². The van der Waals surface area contributed by atoms with Gasteiger partial charge in [-0.3, -0.25) is 9.59 Å². The third-order valence-electron chi connectivity index (χ3n) is 4.02. The number of para-hydroxylation sites is 2. The Morgan fingerprint density at radius 3 is 2.96 bits per heavy atom. The van der Waals surface area contributed by atoms with Crippen LogP contribution in [0.3, 0.4) is 0 Å². The van der Waals surface area contributed by atoms with E-state index < -0.39 is 0 Å². The predicted octanol–water partition coefficient (Wildman–Crippen LogP) is 3.46. The van der Waals surface area contributed by atoms with Crippen molar-refractivity contribution in [3.05, 3.63) is 24.3 Å². The van der Waals surface area contributed by atoms with Crippen molar-refractivity contribution in [2.24, 2.45) is 5.92 Å². The maximum Gasteiger partial charge on any atom is 0.237 e. The summed E-state index contributed by atoms with van der Waals surface area (Å²) in [5, 5.41) is 15.1. The van der Waals surface area contributed by atoms with Gasteiger partial charge in [-0.05, 0) is 25.0 Å². The van der Waals surface area contributed by atoms with E-state index in [0.29, 0.717) is 11.6 Å². The van der Waals surface area contributed by atoms with Crippen LogP contribution >= 0.6 is 23.1 Å². The molecule has 0 unspecified atom stereocenters. The molecular formula is C18H23N5O2S2. The lowest BCUT2D eigenvalue weighted by Crippen LogP contribution is -2.40. The molecule has 144 valence electrons. The number of amides is 2. The number of rotatable bonds is 6. The Morgan fingerprint density at radius 2 is 2.19 bits per heavy atom. The molecule has 0 spiro atoms. The van der Waals surface area contributed by atoms with Gasteiger partial charge in [0, 0.05) is 19.0 Å². The normalized spacial score (nSPS) is 16.7. The maximum absolute atomic E-state index is 12.9. The molecule has 1 aromatic heterocycles. The number of hydrogen-bond acceptors (Lipinski definition) is 7. The van der Waals surface area contributed by atoms with Crippen LogP contribution in [0.1, 0.15) is 27.2 Å². The van der Waals surface area contributed by atoms with Gasteiger partial charge in [-0.15, -0.1) is 10.2 Å². The molecule has 1 aromatic carbocycles. The molecule has 2 heterocycles. The zero-order valence-corrected chi connectivity index (χ0v) is 17.2. The Hall–Kier alpha value is -2.13. The fraction of sp³-hybridized carbons (Fsp3) is 0.444. The average Bonchev–Trinajstić information content (AvgIpc) is 3.02. The van der Waals surface area contributed by atoms with Crippen LogP contribution in [0.4, 0.5) is 16.5 Å². The largest absolute Gasteiger partial charge is 0.360 e. The number of benzene rings is 1. The fourth-order valence-corrected chi connectivity index (χ4v) is 4.41. The van der Waals surface area contributed by atoms with Crippen molar-refractivity contribution >= 4 is 51.4 Å². The second-order valence-corrected chi connectivity index (χ2v) is 9.02. The molecular weight excluding hydrogens is 382 g/mol. The minimum Gasteiger partial charge on any atom is -0.360 e. The summed E-state index contributed by atoms with van der Waals surface area (Å²) in [5.41, 5.74) is 1.40. The minimum absolute atomic E-state index is 0.0525. The van der Waals surface area contributed by atoms with Gasteiger partial charge in [0.2, 0.25) is 16.9 Å². The highest BCUT2D eigenvalue weighted by molar-refractivity contribution is 8.01. The van der Waals surface area contributed by atoms with Gasteiger partial charge in [0.05, 0.1) is 17.1 Å². The van der Waals surface area contributed by atoms with Gasteiger partial charge < -0.3 is 15.5 Å². The van der Waals surface area contributed by atoms with Crippen LogP contribution < -0.4 is 15.5 Å². The number of anilines is 3. The molecule has 0 aliphatic carbocycles. The number of hydrogen-bond donors (Lipinski definition) is 2. The lowest BCUT2D eigenvalue weighted by atomic mass is 10.2. The Labute approximate surface area is 166 Å². The Morgan fingerprint density at radius 1 is 1.41 bits per heavy atom. The van der Waals surface area contributed by atoms with E-state index >= 15 is 0 Å². The molecule has 0 bridgehead atoms. The average molecular weight is 406 g/mol. The highest BCUT2D eigenvalue weighted by Gasteiger charge is 2.29. The van der Waals surface area contributed by atoms with Crippen molar-refractivity contribution in [1.29, 1.82) is 0 Å². The topological polar surface area (TPSA) is 87.2 Å². The van der Waals surface area contributed by atoms with Gasteiger partial charge in [0.25, 0.3) is 0 Å². The smallest absolute Gasteiger partial charge is 0.237 e. The van der Waals surface area contributed by atoms with E-state index in [4.69, 9.17) is 0 Å². The molecule has 0 radical (unpaired) electrons. The molecule has 1 atom stereocenters. The van der Waals surface area contributed by atoms with E-state index in [9.17, 15) is 9.59 Å². The van der Waals surface area contributed by atoms with Crippen molar-refractivity contribution in [1.82, 2.24) is 10.2 Å². The number of aromatic nitrogens is 2. The van der Waals surface area contributed by atoms with Crippen LogP contribution in [0.25, 0.3) is 0 Å². The van der Waals surface area contributed by atoms with Crippen molar-refractivity contribution in [2.45, 2.75) is 37.6 Å². The third kappa shape index (κ3) is 4.98. The summed E-state index contributed by atoms with van der Waals surface area (Å²) >= 11 is 2.82. The highest BCUT2D eigenvalue weighted by Crippen LogP contribution is 2.33. The van der Waals surface area contributed by atoms with E-state index in [1.54, 1.807) is 4.90 Å². The zero-order chi connectivity index (χ0) is 19.4. The SMILES string of the molecule is CC(C)CNc1nnc(SCC(=O)N2c3ccccc3NC(=O)C[C@H]2C)s1. The predicted molar refractivity (Wildman–Crippen MR) is 111 cm³/mol. The van der Waals surface area contributed by atoms with Gasteiger partial charge >= 0.3 is 0 Å². The number of nitrogens with one attached hydrogen (secondary N) is 2. The molecule has 7 nitrogen and oxygen atoms in total. The van der Waals surface area contributed by atoms with Crippen molar-refractivity contribution < 1.29 is 9.59 Å². The summed E-state index contributed by atoms with van der Waals surface area (Å²) in [6.07, 6.45) is 0.271. The first-order valence-electron chi connectivity index (χ1n) is 8.85.